The van der Waals surface area contributed by atoms with E-state index in [0.29, 0.717) is 16.3 Å². The average Bonchev–Trinajstić information content (AvgIpc) is 3.15. The highest BCUT2D eigenvalue weighted by Crippen LogP contribution is 2.43. The number of hydrogen-bond donors (Lipinski definition) is 2. The SMILES string of the molecule is Cc1c(Cl)cccc1NC(=O)c1cc2n(n1)[C@@H](C(F)(F)F)C[C@H](c1ccccc1)N2. The van der Waals surface area contributed by atoms with Crippen molar-refractivity contribution in [3.05, 3.63) is 76.4 Å². The lowest BCUT2D eigenvalue weighted by atomic mass is 9.97. The molecule has 0 saturated heterocycles. The molecule has 2 N–H and O–H groups in total. The van der Waals surface area contributed by atoms with Crippen molar-refractivity contribution in [3.8, 4) is 0 Å². The van der Waals surface area contributed by atoms with Crippen molar-refractivity contribution in [1.29, 1.82) is 0 Å². The zero-order chi connectivity index (χ0) is 21.5. The largest absolute Gasteiger partial charge is 0.410 e. The van der Waals surface area contributed by atoms with Crippen molar-refractivity contribution in [2.75, 3.05) is 10.6 Å². The molecule has 1 aliphatic rings. The lowest BCUT2D eigenvalue weighted by Crippen LogP contribution is -2.35. The number of hydrogen-bond acceptors (Lipinski definition) is 3. The third-order valence-electron chi connectivity index (χ3n) is 5.14. The molecule has 0 unspecified atom stereocenters. The number of nitrogens with one attached hydrogen (secondary N) is 2. The first-order chi connectivity index (χ1) is 14.2. The number of benzene rings is 2. The van der Waals surface area contributed by atoms with Crippen molar-refractivity contribution < 1.29 is 18.0 Å². The normalized spacial score (nSPS) is 18.4. The van der Waals surface area contributed by atoms with Gasteiger partial charge >= 0.3 is 6.18 Å². The maximum Gasteiger partial charge on any atom is 0.410 e. The van der Waals surface area contributed by atoms with Crippen molar-refractivity contribution in [2.24, 2.45) is 0 Å². The monoisotopic (exact) mass is 434 g/mol. The van der Waals surface area contributed by atoms with Crippen LogP contribution in [0.5, 0.6) is 0 Å². The maximum absolute atomic E-state index is 13.8. The van der Waals surface area contributed by atoms with Crippen molar-refractivity contribution in [2.45, 2.75) is 31.6 Å². The highest BCUT2D eigenvalue weighted by molar-refractivity contribution is 6.31. The standard InChI is InChI=1S/C21H18ClF3N4O/c1-12-14(22)8-5-9-15(12)27-20(30)17-11-19-26-16(13-6-3-2-4-7-13)10-18(21(23,24)25)29(19)28-17/h2-9,11,16,18,26H,10H2,1H3,(H,27,30)/t16-,18-/m1/s1. The molecule has 0 radical (unpaired) electrons. The van der Waals surface area contributed by atoms with Crippen molar-refractivity contribution in [3.63, 3.8) is 0 Å². The van der Waals surface area contributed by atoms with Gasteiger partial charge in [0, 0.05) is 23.2 Å². The molecule has 0 bridgehead atoms. The van der Waals surface area contributed by atoms with Crippen LogP contribution in [0.15, 0.2) is 54.6 Å². The van der Waals surface area contributed by atoms with E-state index in [9.17, 15) is 18.0 Å². The van der Waals surface area contributed by atoms with Crippen LogP contribution in [-0.4, -0.2) is 21.9 Å². The van der Waals surface area contributed by atoms with Gasteiger partial charge in [0.25, 0.3) is 5.91 Å². The van der Waals surface area contributed by atoms with Gasteiger partial charge in [-0.05, 0) is 30.2 Å². The Kier molecular flexibility index (Phi) is 5.19. The number of anilines is 2. The Morgan fingerprint density at radius 2 is 1.93 bits per heavy atom. The van der Waals surface area contributed by atoms with Gasteiger partial charge in [0.15, 0.2) is 11.7 Å². The summed E-state index contributed by atoms with van der Waals surface area (Å²) in [6, 6.07) is 12.9. The molecule has 1 amide bonds. The number of carbonyl (C=O) groups is 1. The molecule has 3 aromatic rings. The van der Waals surface area contributed by atoms with Crippen LogP contribution in [0.1, 0.15) is 40.1 Å². The summed E-state index contributed by atoms with van der Waals surface area (Å²) >= 11 is 6.06. The fraction of sp³-hybridized carbons (Fsp3) is 0.238. The predicted molar refractivity (Wildman–Crippen MR) is 109 cm³/mol. The van der Waals surface area contributed by atoms with Gasteiger partial charge in [-0.25, -0.2) is 4.68 Å². The van der Waals surface area contributed by atoms with Gasteiger partial charge < -0.3 is 10.6 Å². The summed E-state index contributed by atoms with van der Waals surface area (Å²) in [5, 5.41) is 10.2. The number of carbonyl (C=O) groups excluding carboxylic acids is 1. The van der Waals surface area contributed by atoms with E-state index < -0.39 is 24.2 Å². The number of rotatable bonds is 3. The highest BCUT2D eigenvalue weighted by atomic mass is 35.5. The fourth-order valence-corrected chi connectivity index (χ4v) is 3.69. The highest BCUT2D eigenvalue weighted by Gasteiger charge is 2.46. The lowest BCUT2D eigenvalue weighted by Gasteiger charge is -2.33. The van der Waals surface area contributed by atoms with Crippen LogP contribution in [-0.2, 0) is 0 Å². The Morgan fingerprint density at radius 3 is 2.63 bits per heavy atom. The molecule has 0 spiro atoms. The molecule has 5 nitrogen and oxygen atoms in total. The molecule has 2 aromatic carbocycles. The first-order valence-corrected chi connectivity index (χ1v) is 9.66. The molecule has 2 heterocycles. The Hall–Kier alpha value is -3.00. The van der Waals surface area contributed by atoms with Crippen LogP contribution in [0.3, 0.4) is 0 Å². The molecule has 156 valence electrons. The number of alkyl halides is 3. The molecule has 30 heavy (non-hydrogen) atoms. The molecule has 4 rings (SSSR count). The first-order valence-electron chi connectivity index (χ1n) is 9.28. The molecule has 0 fully saturated rings. The maximum atomic E-state index is 13.8. The van der Waals surface area contributed by atoms with E-state index in [1.165, 1.54) is 6.07 Å². The molecule has 2 atom stereocenters. The van der Waals surface area contributed by atoms with Gasteiger partial charge in [-0.3, -0.25) is 4.79 Å². The van der Waals surface area contributed by atoms with Gasteiger partial charge in [0.1, 0.15) is 5.82 Å². The third-order valence-corrected chi connectivity index (χ3v) is 5.55. The zero-order valence-electron chi connectivity index (χ0n) is 15.9. The fourth-order valence-electron chi connectivity index (χ4n) is 3.52. The second-order valence-corrected chi connectivity index (χ2v) is 7.53. The molecule has 1 aliphatic heterocycles. The van der Waals surface area contributed by atoms with Crippen molar-refractivity contribution >= 4 is 29.0 Å². The Labute approximate surface area is 175 Å². The van der Waals surface area contributed by atoms with Gasteiger partial charge in [0.05, 0.1) is 6.04 Å². The summed E-state index contributed by atoms with van der Waals surface area (Å²) in [4.78, 5) is 12.7. The van der Waals surface area contributed by atoms with Crippen LogP contribution < -0.4 is 10.6 Å². The number of nitrogens with zero attached hydrogens (tertiary/aromatic N) is 2. The third kappa shape index (κ3) is 3.87. The molecular formula is C21H18ClF3N4O. The van der Waals surface area contributed by atoms with Crippen LogP contribution in [0.2, 0.25) is 5.02 Å². The summed E-state index contributed by atoms with van der Waals surface area (Å²) in [5.74, 6) is -0.466. The summed E-state index contributed by atoms with van der Waals surface area (Å²) in [6.07, 6.45) is -4.73. The molecule has 9 heteroatoms. The van der Waals surface area contributed by atoms with Crippen LogP contribution in [0, 0.1) is 6.92 Å². The number of halogens is 4. The van der Waals surface area contributed by atoms with E-state index in [2.05, 4.69) is 15.7 Å². The van der Waals surface area contributed by atoms with E-state index in [0.717, 1.165) is 10.2 Å². The molecule has 0 aliphatic carbocycles. The Balaban J connectivity index is 1.65. The van der Waals surface area contributed by atoms with Crippen LogP contribution >= 0.6 is 11.6 Å². The summed E-state index contributed by atoms with van der Waals surface area (Å²) in [6.45, 7) is 1.74. The van der Waals surface area contributed by atoms with Crippen LogP contribution in [0.4, 0.5) is 24.7 Å². The first kappa shape index (κ1) is 20.3. The average molecular weight is 435 g/mol. The van der Waals surface area contributed by atoms with Gasteiger partial charge in [-0.15, -0.1) is 0 Å². The minimum Gasteiger partial charge on any atom is -0.363 e. The number of amides is 1. The Morgan fingerprint density at radius 1 is 1.20 bits per heavy atom. The zero-order valence-corrected chi connectivity index (χ0v) is 16.6. The molecular weight excluding hydrogens is 417 g/mol. The Bertz CT molecular complexity index is 1080. The van der Waals surface area contributed by atoms with Gasteiger partial charge in [0.2, 0.25) is 0 Å². The predicted octanol–water partition coefficient (Wildman–Crippen LogP) is 5.76. The van der Waals surface area contributed by atoms with E-state index in [1.54, 1.807) is 55.5 Å². The minimum absolute atomic E-state index is 0.111. The van der Waals surface area contributed by atoms with E-state index in [4.69, 9.17) is 11.6 Å². The second kappa shape index (κ2) is 7.68. The topological polar surface area (TPSA) is 59.0 Å². The quantitative estimate of drug-likeness (QED) is 0.551. The molecule has 1 aromatic heterocycles. The molecule has 0 saturated carbocycles. The van der Waals surface area contributed by atoms with Crippen LogP contribution in [0.25, 0.3) is 0 Å². The summed E-state index contributed by atoms with van der Waals surface area (Å²) < 4.78 is 42.1. The number of fused-ring (bicyclic) bond motifs is 1. The van der Waals surface area contributed by atoms with Gasteiger partial charge in [-0.1, -0.05) is 48.0 Å². The minimum atomic E-state index is -4.51. The smallest absolute Gasteiger partial charge is 0.363 e. The van der Waals surface area contributed by atoms with Crippen molar-refractivity contribution in [1.82, 2.24) is 9.78 Å². The van der Waals surface area contributed by atoms with E-state index in [1.807, 2.05) is 0 Å². The van der Waals surface area contributed by atoms with E-state index >= 15 is 0 Å². The van der Waals surface area contributed by atoms with Gasteiger partial charge in [-0.2, -0.15) is 18.3 Å². The number of aromatic nitrogens is 2. The lowest BCUT2D eigenvalue weighted by molar-refractivity contribution is -0.173. The summed E-state index contributed by atoms with van der Waals surface area (Å²) in [7, 11) is 0. The summed E-state index contributed by atoms with van der Waals surface area (Å²) in [5.41, 5.74) is 1.76. The second-order valence-electron chi connectivity index (χ2n) is 7.13. The van der Waals surface area contributed by atoms with E-state index in [-0.39, 0.29) is 17.9 Å².